The van der Waals surface area contributed by atoms with E-state index in [0.29, 0.717) is 6.54 Å². The van der Waals surface area contributed by atoms with Crippen LogP contribution in [0.25, 0.3) is 0 Å². The van der Waals surface area contributed by atoms with Crippen LogP contribution in [0.3, 0.4) is 0 Å². The minimum atomic E-state index is 0.00416. The molecule has 1 aliphatic rings. The number of nitrogens with one attached hydrogen (secondary N) is 1. The number of benzene rings is 1. The van der Waals surface area contributed by atoms with Crippen LogP contribution in [0.4, 0.5) is 0 Å². The third-order valence-electron chi connectivity index (χ3n) is 3.04. The van der Waals surface area contributed by atoms with Crippen LogP contribution < -0.4 is 5.32 Å². The molecular weight excluding hydrogens is 218 g/mol. The highest BCUT2D eigenvalue weighted by Crippen LogP contribution is 2.22. The lowest BCUT2D eigenvalue weighted by Crippen LogP contribution is -2.26. The van der Waals surface area contributed by atoms with Crippen LogP contribution in [-0.4, -0.2) is 18.2 Å². The van der Waals surface area contributed by atoms with Crippen LogP contribution in [-0.2, 0) is 24.1 Å². The molecule has 1 aromatic rings. The molecule has 0 saturated heterocycles. The summed E-state index contributed by atoms with van der Waals surface area (Å²) in [5.74, 6) is 0.272. The summed E-state index contributed by atoms with van der Waals surface area (Å²) < 4.78 is 0. The van der Waals surface area contributed by atoms with E-state index in [4.69, 9.17) is 0 Å². The molecule has 0 atom stereocenters. The Labute approximate surface area is 102 Å². The van der Waals surface area contributed by atoms with Gasteiger partial charge in [0.05, 0.1) is 5.75 Å². The van der Waals surface area contributed by atoms with E-state index in [9.17, 15) is 4.79 Å². The van der Waals surface area contributed by atoms with Crippen molar-refractivity contribution < 1.29 is 4.79 Å². The Morgan fingerprint density at radius 2 is 2.12 bits per heavy atom. The minimum Gasteiger partial charge on any atom is -0.355 e. The van der Waals surface area contributed by atoms with E-state index in [0.717, 1.165) is 6.42 Å². The van der Waals surface area contributed by atoms with Crippen LogP contribution in [0.5, 0.6) is 0 Å². The third-order valence-corrected chi connectivity index (χ3v) is 3.33. The maximum Gasteiger partial charge on any atom is 0.229 e. The van der Waals surface area contributed by atoms with Gasteiger partial charge >= 0.3 is 0 Å². The van der Waals surface area contributed by atoms with Crippen molar-refractivity contribution in [2.24, 2.45) is 0 Å². The van der Waals surface area contributed by atoms with E-state index >= 15 is 0 Å². The van der Waals surface area contributed by atoms with Crippen LogP contribution in [0.2, 0.25) is 0 Å². The highest BCUT2D eigenvalue weighted by molar-refractivity contribution is 7.81. The molecule has 86 valence electrons. The second-order valence-electron chi connectivity index (χ2n) is 4.21. The van der Waals surface area contributed by atoms with Gasteiger partial charge in [0, 0.05) is 6.54 Å². The molecule has 0 heterocycles. The Bertz CT molecular complexity index is 390. The second kappa shape index (κ2) is 5.39. The summed E-state index contributed by atoms with van der Waals surface area (Å²) in [4.78, 5) is 11.0. The summed E-state index contributed by atoms with van der Waals surface area (Å²) in [5.41, 5.74) is 4.32. The molecule has 0 saturated carbocycles. The number of amides is 1. The number of fused-ring (bicyclic) bond motifs is 1. The van der Waals surface area contributed by atoms with Gasteiger partial charge in [-0.1, -0.05) is 18.2 Å². The van der Waals surface area contributed by atoms with Crippen LogP contribution in [0.15, 0.2) is 18.2 Å². The predicted octanol–water partition coefficient (Wildman–Crippen LogP) is 1.76. The molecule has 0 unspecified atom stereocenters. The quantitative estimate of drug-likeness (QED) is 0.765. The molecule has 3 heteroatoms. The van der Waals surface area contributed by atoms with Gasteiger partial charge in [-0.2, -0.15) is 12.6 Å². The highest BCUT2D eigenvalue weighted by Gasteiger charge is 2.10. The van der Waals surface area contributed by atoms with Crippen molar-refractivity contribution in [1.29, 1.82) is 0 Å². The molecule has 1 aliphatic carbocycles. The van der Waals surface area contributed by atoms with Crippen molar-refractivity contribution in [2.45, 2.75) is 25.7 Å². The zero-order valence-corrected chi connectivity index (χ0v) is 10.2. The van der Waals surface area contributed by atoms with Gasteiger partial charge in [0.1, 0.15) is 0 Å². The lowest BCUT2D eigenvalue weighted by atomic mass is 10.0. The first-order valence-electron chi connectivity index (χ1n) is 5.78. The first kappa shape index (κ1) is 11.5. The standard InChI is InChI=1S/C13H17NOS/c15-13(9-16)14-7-6-10-4-5-11-2-1-3-12(11)8-10/h4-5,8,16H,1-3,6-7,9H2,(H,14,15). The Morgan fingerprint density at radius 3 is 2.94 bits per heavy atom. The first-order valence-corrected chi connectivity index (χ1v) is 6.41. The van der Waals surface area contributed by atoms with Crippen molar-refractivity contribution in [3.8, 4) is 0 Å². The number of thiol groups is 1. The smallest absolute Gasteiger partial charge is 0.229 e. The van der Waals surface area contributed by atoms with Crippen LogP contribution in [0.1, 0.15) is 23.1 Å². The number of carbonyl (C=O) groups is 1. The predicted molar refractivity (Wildman–Crippen MR) is 69.0 cm³/mol. The zero-order chi connectivity index (χ0) is 11.4. The molecule has 0 bridgehead atoms. The summed E-state index contributed by atoms with van der Waals surface area (Å²) in [5, 5.41) is 2.83. The van der Waals surface area contributed by atoms with Crippen LogP contribution >= 0.6 is 12.6 Å². The van der Waals surface area contributed by atoms with Gasteiger partial charge in [-0.15, -0.1) is 0 Å². The van der Waals surface area contributed by atoms with Crippen LogP contribution in [0, 0.1) is 0 Å². The van der Waals surface area contributed by atoms with E-state index in [-0.39, 0.29) is 11.7 Å². The van der Waals surface area contributed by atoms with Crippen molar-refractivity contribution in [3.05, 3.63) is 34.9 Å². The number of carbonyl (C=O) groups excluding carboxylic acids is 1. The molecule has 1 amide bonds. The topological polar surface area (TPSA) is 29.1 Å². The fourth-order valence-corrected chi connectivity index (χ4v) is 2.29. The Hall–Kier alpha value is -0.960. The molecule has 0 spiro atoms. The molecular formula is C13H17NOS. The van der Waals surface area contributed by atoms with Crippen molar-refractivity contribution in [3.63, 3.8) is 0 Å². The summed E-state index contributed by atoms with van der Waals surface area (Å²) in [6, 6.07) is 6.70. The summed E-state index contributed by atoms with van der Waals surface area (Å²) in [6.07, 6.45) is 4.64. The lowest BCUT2D eigenvalue weighted by Gasteiger charge is -2.06. The number of hydrogen-bond acceptors (Lipinski definition) is 2. The summed E-state index contributed by atoms with van der Waals surface area (Å²) >= 11 is 3.92. The van der Waals surface area contributed by atoms with E-state index in [1.54, 1.807) is 0 Å². The van der Waals surface area contributed by atoms with Crippen molar-refractivity contribution >= 4 is 18.5 Å². The molecule has 2 rings (SSSR count). The van der Waals surface area contributed by atoms with E-state index in [1.165, 1.54) is 36.0 Å². The molecule has 16 heavy (non-hydrogen) atoms. The Kier molecular flexibility index (Phi) is 3.88. The number of aryl methyl sites for hydroxylation is 2. The molecule has 0 aromatic heterocycles. The summed E-state index contributed by atoms with van der Waals surface area (Å²) in [6.45, 7) is 0.707. The number of hydrogen-bond donors (Lipinski definition) is 2. The van der Waals surface area contributed by atoms with Gasteiger partial charge in [0.25, 0.3) is 0 Å². The fourth-order valence-electron chi connectivity index (χ4n) is 2.18. The normalized spacial score (nSPS) is 13.6. The second-order valence-corrected chi connectivity index (χ2v) is 4.53. The highest BCUT2D eigenvalue weighted by atomic mass is 32.1. The number of rotatable bonds is 4. The lowest BCUT2D eigenvalue weighted by molar-refractivity contribution is -0.118. The van der Waals surface area contributed by atoms with Gasteiger partial charge < -0.3 is 5.32 Å². The minimum absolute atomic E-state index is 0.00416. The van der Waals surface area contributed by atoms with E-state index < -0.39 is 0 Å². The molecule has 0 radical (unpaired) electrons. The Morgan fingerprint density at radius 1 is 1.31 bits per heavy atom. The molecule has 1 aromatic carbocycles. The molecule has 1 N–H and O–H groups in total. The van der Waals surface area contributed by atoms with Gasteiger partial charge in [-0.25, -0.2) is 0 Å². The zero-order valence-electron chi connectivity index (χ0n) is 9.33. The molecule has 2 nitrogen and oxygen atoms in total. The largest absolute Gasteiger partial charge is 0.355 e. The Balaban J connectivity index is 1.88. The maximum atomic E-state index is 11.0. The monoisotopic (exact) mass is 235 g/mol. The van der Waals surface area contributed by atoms with Crippen molar-refractivity contribution in [1.82, 2.24) is 5.32 Å². The van der Waals surface area contributed by atoms with Gasteiger partial charge in [0.15, 0.2) is 0 Å². The van der Waals surface area contributed by atoms with Gasteiger partial charge in [-0.3, -0.25) is 4.79 Å². The molecule has 0 aliphatic heterocycles. The average molecular weight is 235 g/mol. The SMILES string of the molecule is O=C(CS)NCCc1ccc2c(c1)CCC2. The van der Waals surface area contributed by atoms with E-state index in [1.807, 2.05) is 0 Å². The van der Waals surface area contributed by atoms with Crippen molar-refractivity contribution in [2.75, 3.05) is 12.3 Å². The van der Waals surface area contributed by atoms with Gasteiger partial charge in [0.2, 0.25) is 5.91 Å². The first-order chi connectivity index (χ1) is 7.79. The molecule has 0 fully saturated rings. The third kappa shape index (κ3) is 2.79. The fraction of sp³-hybridized carbons (Fsp3) is 0.462. The summed E-state index contributed by atoms with van der Waals surface area (Å²) in [7, 11) is 0. The van der Waals surface area contributed by atoms with E-state index in [2.05, 4.69) is 36.1 Å². The maximum absolute atomic E-state index is 11.0. The average Bonchev–Trinajstić information content (AvgIpc) is 2.76. The van der Waals surface area contributed by atoms with Gasteiger partial charge in [-0.05, 0) is 42.4 Å².